The second kappa shape index (κ2) is 10.5. The van der Waals surface area contributed by atoms with Crippen molar-refractivity contribution in [2.75, 3.05) is 18.1 Å². The Balaban J connectivity index is 2.36. The molecule has 1 amide bonds. The Kier molecular flexibility index (Phi) is 8.47. The van der Waals surface area contributed by atoms with E-state index in [4.69, 9.17) is 9.47 Å². The minimum atomic E-state index is -1.58. The molecule has 0 aromatic heterocycles. The summed E-state index contributed by atoms with van der Waals surface area (Å²) in [5.74, 6) is -0.813. The molecule has 0 radical (unpaired) electrons. The molecule has 1 heterocycles. The number of Topliss-reactive ketones (excluding diaryl/α,β-unsaturated/α-hetero) is 1. The number of thioether (sulfide) groups is 1. The van der Waals surface area contributed by atoms with E-state index in [0.29, 0.717) is 5.56 Å². The van der Waals surface area contributed by atoms with Gasteiger partial charge in [0.2, 0.25) is 0 Å². The molecule has 1 aliphatic rings. The molecule has 2 unspecified atom stereocenters. The van der Waals surface area contributed by atoms with Gasteiger partial charge in [0, 0.05) is 17.6 Å². The van der Waals surface area contributed by atoms with Crippen LogP contribution in [0.1, 0.15) is 26.3 Å². The van der Waals surface area contributed by atoms with E-state index >= 15 is 0 Å². The Morgan fingerprint density at radius 3 is 2.69 bits per heavy atom. The van der Waals surface area contributed by atoms with Gasteiger partial charge in [-0.05, 0) is 54.8 Å². The lowest BCUT2D eigenvalue weighted by atomic mass is 9.76. The van der Waals surface area contributed by atoms with Crippen molar-refractivity contribution in [3.63, 3.8) is 0 Å². The smallest absolute Gasteiger partial charge is 0.408 e. The SMILES string of the molecule is C=CCOC(=O)C1(Cc2ccc([N+](=O)[O-])c(Br)c2)CSCC(NC(=O)OC(C)(C)C)C1=O. The summed E-state index contributed by atoms with van der Waals surface area (Å²) in [7, 11) is 0. The maximum atomic E-state index is 13.5. The third-order valence-corrected chi connectivity index (χ3v) is 6.45. The molecule has 1 saturated heterocycles. The molecule has 1 aromatic carbocycles. The van der Waals surface area contributed by atoms with E-state index in [2.05, 4.69) is 27.8 Å². The third kappa shape index (κ3) is 6.32. The predicted molar refractivity (Wildman–Crippen MR) is 124 cm³/mol. The highest BCUT2D eigenvalue weighted by atomic mass is 79.9. The maximum absolute atomic E-state index is 13.5. The van der Waals surface area contributed by atoms with Crippen LogP contribution in [0.2, 0.25) is 0 Å². The number of hydrogen-bond donors (Lipinski definition) is 1. The Labute approximate surface area is 198 Å². The Hall–Kier alpha value is -2.40. The summed E-state index contributed by atoms with van der Waals surface area (Å²) >= 11 is 4.49. The van der Waals surface area contributed by atoms with E-state index in [-0.39, 0.29) is 34.7 Å². The molecule has 1 fully saturated rings. The van der Waals surface area contributed by atoms with Gasteiger partial charge < -0.3 is 14.8 Å². The van der Waals surface area contributed by atoms with Gasteiger partial charge in [0.1, 0.15) is 23.7 Å². The van der Waals surface area contributed by atoms with Crippen LogP contribution in [0.5, 0.6) is 0 Å². The highest BCUT2D eigenvalue weighted by Gasteiger charge is 2.53. The van der Waals surface area contributed by atoms with E-state index in [1.54, 1.807) is 20.8 Å². The number of nitro benzene ring substituents is 1. The molecule has 0 bridgehead atoms. The van der Waals surface area contributed by atoms with Crippen LogP contribution in [-0.4, -0.2) is 52.5 Å². The van der Waals surface area contributed by atoms with Crippen LogP contribution in [-0.2, 0) is 25.5 Å². The second-order valence-electron chi connectivity index (χ2n) is 8.27. The van der Waals surface area contributed by atoms with Crippen molar-refractivity contribution in [1.82, 2.24) is 5.32 Å². The first-order valence-electron chi connectivity index (χ1n) is 9.72. The van der Waals surface area contributed by atoms with Gasteiger partial charge in [0.05, 0.1) is 9.40 Å². The Bertz CT molecular complexity index is 931. The Morgan fingerprint density at radius 2 is 2.12 bits per heavy atom. The van der Waals surface area contributed by atoms with Gasteiger partial charge in [0.25, 0.3) is 5.69 Å². The zero-order valence-corrected chi connectivity index (χ0v) is 20.4. The number of ether oxygens (including phenoxy) is 2. The van der Waals surface area contributed by atoms with Gasteiger partial charge >= 0.3 is 12.1 Å². The van der Waals surface area contributed by atoms with E-state index < -0.39 is 39.8 Å². The highest BCUT2D eigenvalue weighted by molar-refractivity contribution is 9.10. The van der Waals surface area contributed by atoms with Gasteiger partial charge in [-0.3, -0.25) is 19.7 Å². The van der Waals surface area contributed by atoms with Crippen molar-refractivity contribution in [3.05, 3.63) is 51.0 Å². The zero-order valence-electron chi connectivity index (χ0n) is 18.0. The number of nitrogens with zero attached hydrogens (tertiary/aromatic N) is 1. The fraction of sp³-hybridized carbons (Fsp3) is 0.476. The van der Waals surface area contributed by atoms with E-state index in [9.17, 15) is 24.5 Å². The topological polar surface area (TPSA) is 125 Å². The molecule has 32 heavy (non-hydrogen) atoms. The molecule has 1 aliphatic heterocycles. The van der Waals surface area contributed by atoms with Crippen molar-refractivity contribution >= 4 is 51.2 Å². The van der Waals surface area contributed by atoms with E-state index in [1.807, 2.05) is 0 Å². The Morgan fingerprint density at radius 1 is 1.44 bits per heavy atom. The summed E-state index contributed by atoms with van der Waals surface area (Å²) < 4.78 is 10.7. The molecule has 2 rings (SSSR count). The first-order valence-corrected chi connectivity index (χ1v) is 11.7. The molecule has 2 atom stereocenters. The number of amides is 1. The van der Waals surface area contributed by atoms with Crippen molar-refractivity contribution in [3.8, 4) is 0 Å². The van der Waals surface area contributed by atoms with E-state index in [1.165, 1.54) is 36.0 Å². The number of esters is 1. The number of carbonyl (C=O) groups is 3. The average Bonchev–Trinajstić information content (AvgIpc) is 2.67. The monoisotopic (exact) mass is 528 g/mol. The number of benzene rings is 1. The van der Waals surface area contributed by atoms with Crippen LogP contribution in [0.25, 0.3) is 0 Å². The summed E-state index contributed by atoms with van der Waals surface area (Å²) in [6.45, 7) is 8.55. The van der Waals surface area contributed by atoms with Crippen molar-refractivity contribution in [2.24, 2.45) is 5.41 Å². The second-order valence-corrected chi connectivity index (χ2v) is 10.2. The van der Waals surface area contributed by atoms with Crippen LogP contribution in [0.4, 0.5) is 10.5 Å². The molecule has 1 N–H and O–H groups in total. The molecular weight excluding hydrogens is 504 g/mol. The van der Waals surface area contributed by atoms with Crippen molar-refractivity contribution in [2.45, 2.75) is 38.8 Å². The predicted octanol–water partition coefficient (Wildman–Crippen LogP) is 3.82. The van der Waals surface area contributed by atoms with Gasteiger partial charge in [-0.1, -0.05) is 18.7 Å². The molecule has 11 heteroatoms. The summed E-state index contributed by atoms with van der Waals surface area (Å²) in [5, 5.41) is 13.6. The summed E-state index contributed by atoms with van der Waals surface area (Å²) in [4.78, 5) is 49.3. The average molecular weight is 529 g/mol. The number of ketones is 1. The number of hydrogen-bond acceptors (Lipinski definition) is 8. The number of carbonyl (C=O) groups excluding carboxylic acids is 3. The largest absolute Gasteiger partial charge is 0.461 e. The van der Waals surface area contributed by atoms with E-state index in [0.717, 1.165) is 0 Å². The first kappa shape index (κ1) is 25.9. The molecule has 1 aromatic rings. The lowest BCUT2D eigenvalue weighted by molar-refractivity contribution is -0.385. The fourth-order valence-electron chi connectivity index (χ4n) is 3.19. The van der Waals surface area contributed by atoms with Crippen molar-refractivity contribution in [1.29, 1.82) is 0 Å². The number of rotatable bonds is 7. The molecule has 9 nitrogen and oxygen atoms in total. The lowest BCUT2D eigenvalue weighted by Gasteiger charge is -2.37. The standard InChI is InChI=1S/C21H25BrN2O7S/c1-5-8-30-18(26)21(10-13-6-7-16(24(28)29)14(22)9-13)12-32-11-15(17(21)25)23-19(27)31-20(2,3)4/h5-7,9,15H,1,8,10-12H2,2-4H3,(H,23,27). The minimum absolute atomic E-state index is 0.0437. The lowest BCUT2D eigenvalue weighted by Crippen LogP contribution is -2.58. The molecule has 0 saturated carbocycles. The summed E-state index contributed by atoms with van der Waals surface area (Å²) in [5.41, 5.74) is -1.93. The first-order chi connectivity index (χ1) is 14.9. The van der Waals surface area contributed by atoms with Gasteiger partial charge in [0.15, 0.2) is 5.78 Å². The minimum Gasteiger partial charge on any atom is -0.461 e. The molecule has 174 valence electrons. The summed E-state index contributed by atoms with van der Waals surface area (Å²) in [6.07, 6.45) is 0.591. The zero-order chi connectivity index (χ0) is 24.1. The van der Waals surface area contributed by atoms with Crippen molar-refractivity contribution < 1.29 is 28.8 Å². The summed E-state index contributed by atoms with van der Waals surface area (Å²) in [6, 6.07) is 3.35. The van der Waals surface area contributed by atoms with Gasteiger partial charge in [-0.2, -0.15) is 11.8 Å². The molecular formula is C21H25BrN2O7S. The number of nitrogens with one attached hydrogen (secondary N) is 1. The van der Waals surface area contributed by atoms with Crippen LogP contribution >= 0.6 is 27.7 Å². The van der Waals surface area contributed by atoms with Crippen LogP contribution in [0.15, 0.2) is 35.3 Å². The number of halogens is 1. The van der Waals surface area contributed by atoms with Crippen LogP contribution in [0.3, 0.4) is 0 Å². The number of alkyl carbamates (subject to hydrolysis) is 1. The van der Waals surface area contributed by atoms with Crippen LogP contribution in [0, 0.1) is 15.5 Å². The molecule has 0 spiro atoms. The highest BCUT2D eigenvalue weighted by Crippen LogP contribution is 2.38. The third-order valence-electron chi connectivity index (χ3n) is 4.55. The maximum Gasteiger partial charge on any atom is 0.408 e. The van der Waals surface area contributed by atoms with Gasteiger partial charge in [-0.15, -0.1) is 0 Å². The quantitative estimate of drug-likeness (QED) is 0.186. The van der Waals surface area contributed by atoms with Crippen LogP contribution < -0.4 is 5.32 Å². The molecule has 0 aliphatic carbocycles. The normalized spacial score (nSPS) is 20.9. The van der Waals surface area contributed by atoms with Gasteiger partial charge in [-0.25, -0.2) is 4.79 Å². The number of nitro groups is 1. The fourth-order valence-corrected chi connectivity index (χ4v) is 5.06.